The van der Waals surface area contributed by atoms with Gasteiger partial charge in [0, 0.05) is 5.39 Å². The molecule has 0 saturated carbocycles. The monoisotopic (exact) mass is 301 g/mol. The van der Waals surface area contributed by atoms with Gasteiger partial charge in [-0.1, -0.05) is 17.7 Å². The van der Waals surface area contributed by atoms with Crippen molar-refractivity contribution >= 4 is 28.5 Å². The predicted octanol–water partition coefficient (Wildman–Crippen LogP) is 3.39. The van der Waals surface area contributed by atoms with Crippen LogP contribution in [0.1, 0.15) is 21.7 Å². The average Bonchev–Trinajstić information content (AvgIpc) is 2.73. The van der Waals surface area contributed by atoms with Gasteiger partial charge in [0.2, 0.25) is 0 Å². The minimum Gasteiger partial charge on any atom is -0.478 e. The predicted molar refractivity (Wildman–Crippen MR) is 80.3 cm³/mol. The zero-order chi connectivity index (χ0) is 15.1. The smallest absolute Gasteiger partial charge is 0.336 e. The molecular weight excluding hydrogens is 290 g/mol. The van der Waals surface area contributed by atoms with Gasteiger partial charge in [0.25, 0.3) is 0 Å². The van der Waals surface area contributed by atoms with Crippen molar-refractivity contribution < 1.29 is 9.90 Å². The Kier molecular flexibility index (Phi) is 3.14. The van der Waals surface area contributed by atoms with Crippen LogP contribution >= 0.6 is 11.6 Å². The third-order valence-corrected chi connectivity index (χ3v) is 3.91. The van der Waals surface area contributed by atoms with Crippen LogP contribution in [0, 0.1) is 13.8 Å². The zero-order valence-corrected chi connectivity index (χ0v) is 12.2. The summed E-state index contributed by atoms with van der Waals surface area (Å²) in [6, 6.07) is 8.50. The highest BCUT2D eigenvalue weighted by Gasteiger charge is 2.13. The van der Waals surface area contributed by atoms with Crippen molar-refractivity contribution in [2.75, 3.05) is 0 Å². The average molecular weight is 302 g/mol. The van der Waals surface area contributed by atoms with Crippen LogP contribution in [0.4, 0.5) is 0 Å². The molecule has 0 amide bonds. The number of rotatable bonds is 2. The summed E-state index contributed by atoms with van der Waals surface area (Å²) in [4.78, 5) is 15.7. The summed E-state index contributed by atoms with van der Waals surface area (Å²) >= 11 is 6.14. The van der Waals surface area contributed by atoms with Gasteiger partial charge in [-0.2, -0.15) is 5.10 Å². The normalized spacial score (nSPS) is 11.0. The van der Waals surface area contributed by atoms with Crippen molar-refractivity contribution in [2.24, 2.45) is 0 Å². The van der Waals surface area contributed by atoms with Crippen LogP contribution in [0.25, 0.3) is 16.7 Å². The fourth-order valence-electron chi connectivity index (χ4n) is 2.30. The summed E-state index contributed by atoms with van der Waals surface area (Å²) in [6.45, 7) is 3.69. The maximum atomic E-state index is 11.2. The van der Waals surface area contributed by atoms with E-state index in [0.717, 1.165) is 11.4 Å². The molecule has 0 fully saturated rings. The van der Waals surface area contributed by atoms with E-state index in [1.165, 1.54) is 0 Å². The Labute approximate surface area is 125 Å². The van der Waals surface area contributed by atoms with Crippen molar-refractivity contribution in [1.82, 2.24) is 14.8 Å². The van der Waals surface area contributed by atoms with Gasteiger partial charge in [0.05, 0.1) is 27.5 Å². The van der Waals surface area contributed by atoms with E-state index >= 15 is 0 Å². The summed E-state index contributed by atoms with van der Waals surface area (Å²) in [7, 11) is 0. The Hall–Kier alpha value is -2.40. The van der Waals surface area contributed by atoms with Crippen molar-refractivity contribution in [2.45, 2.75) is 13.8 Å². The Morgan fingerprint density at radius 1 is 1.24 bits per heavy atom. The molecule has 0 saturated heterocycles. The van der Waals surface area contributed by atoms with E-state index in [9.17, 15) is 9.90 Å². The summed E-state index contributed by atoms with van der Waals surface area (Å²) in [5.74, 6) is -0.359. The molecule has 2 heterocycles. The van der Waals surface area contributed by atoms with E-state index in [-0.39, 0.29) is 5.56 Å². The second-order valence-electron chi connectivity index (χ2n) is 4.74. The summed E-state index contributed by atoms with van der Waals surface area (Å²) in [5, 5.41) is 14.7. The van der Waals surface area contributed by atoms with Gasteiger partial charge in [-0.15, -0.1) is 0 Å². The van der Waals surface area contributed by atoms with Gasteiger partial charge in [0.1, 0.15) is 0 Å². The van der Waals surface area contributed by atoms with E-state index < -0.39 is 5.97 Å². The van der Waals surface area contributed by atoms with Crippen LogP contribution in [-0.2, 0) is 0 Å². The molecule has 1 aromatic carbocycles. The molecule has 5 nitrogen and oxygen atoms in total. The standard InChI is InChI=1S/C15H12ClN3O2/c1-8-14(16)9(2)19(18-8)13-7-6-10-11(15(20)21)4-3-5-12(10)17-13/h3-7H,1-2H3,(H,20,21). The lowest BCUT2D eigenvalue weighted by molar-refractivity contribution is 0.0699. The molecule has 2 aromatic heterocycles. The van der Waals surface area contributed by atoms with Gasteiger partial charge in [0.15, 0.2) is 5.82 Å². The lowest BCUT2D eigenvalue weighted by Gasteiger charge is -2.06. The van der Waals surface area contributed by atoms with Gasteiger partial charge >= 0.3 is 5.97 Å². The minimum atomic E-state index is -0.968. The van der Waals surface area contributed by atoms with Crippen LogP contribution in [0.5, 0.6) is 0 Å². The Balaban J connectivity index is 2.22. The number of aromatic carboxylic acids is 1. The van der Waals surface area contributed by atoms with Gasteiger partial charge < -0.3 is 5.11 Å². The lowest BCUT2D eigenvalue weighted by atomic mass is 10.1. The van der Waals surface area contributed by atoms with E-state index in [1.807, 2.05) is 13.8 Å². The van der Waals surface area contributed by atoms with Gasteiger partial charge in [-0.3, -0.25) is 0 Å². The fourth-order valence-corrected chi connectivity index (χ4v) is 2.41. The minimum absolute atomic E-state index is 0.234. The molecule has 0 aliphatic rings. The van der Waals surface area contributed by atoms with Crippen LogP contribution in [0.3, 0.4) is 0 Å². The number of pyridine rings is 1. The van der Waals surface area contributed by atoms with Crippen LogP contribution in [0.15, 0.2) is 30.3 Å². The zero-order valence-electron chi connectivity index (χ0n) is 11.5. The molecule has 1 N–H and O–H groups in total. The number of halogens is 1. The SMILES string of the molecule is Cc1nn(-c2ccc3c(C(=O)O)cccc3n2)c(C)c1Cl. The number of aryl methyl sites for hydroxylation is 1. The highest BCUT2D eigenvalue weighted by atomic mass is 35.5. The number of fused-ring (bicyclic) bond motifs is 1. The molecule has 0 aliphatic carbocycles. The summed E-state index contributed by atoms with van der Waals surface area (Å²) in [5.41, 5.74) is 2.37. The molecule has 0 unspecified atom stereocenters. The molecule has 106 valence electrons. The second-order valence-corrected chi connectivity index (χ2v) is 5.12. The fraction of sp³-hybridized carbons (Fsp3) is 0.133. The summed E-state index contributed by atoms with van der Waals surface area (Å²) in [6.07, 6.45) is 0. The Morgan fingerprint density at radius 3 is 2.62 bits per heavy atom. The number of benzene rings is 1. The number of carbonyl (C=O) groups is 1. The van der Waals surface area contributed by atoms with Crippen LogP contribution in [-0.4, -0.2) is 25.8 Å². The van der Waals surface area contributed by atoms with Crippen molar-refractivity contribution in [3.63, 3.8) is 0 Å². The van der Waals surface area contributed by atoms with E-state index in [1.54, 1.807) is 35.0 Å². The molecule has 3 rings (SSSR count). The van der Waals surface area contributed by atoms with Crippen LogP contribution in [0.2, 0.25) is 5.02 Å². The van der Waals surface area contributed by atoms with Crippen LogP contribution < -0.4 is 0 Å². The number of carboxylic acids is 1. The largest absolute Gasteiger partial charge is 0.478 e. The number of carboxylic acid groups (broad SMARTS) is 1. The molecule has 0 spiro atoms. The molecule has 0 bridgehead atoms. The maximum Gasteiger partial charge on any atom is 0.336 e. The highest BCUT2D eigenvalue weighted by molar-refractivity contribution is 6.31. The molecule has 0 aliphatic heterocycles. The quantitative estimate of drug-likeness (QED) is 0.788. The first-order valence-electron chi connectivity index (χ1n) is 6.34. The molecule has 0 atom stereocenters. The van der Waals surface area contributed by atoms with Gasteiger partial charge in [-0.25, -0.2) is 14.5 Å². The van der Waals surface area contributed by atoms with Crippen molar-refractivity contribution in [1.29, 1.82) is 0 Å². The maximum absolute atomic E-state index is 11.2. The number of nitrogens with zero attached hydrogens (tertiary/aromatic N) is 3. The molecule has 0 radical (unpaired) electrons. The van der Waals surface area contributed by atoms with E-state index in [4.69, 9.17) is 11.6 Å². The van der Waals surface area contributed by atoms with Crippen molar-refractivity contribution in [3.8, 4) is 5.82 Å². The first-order chi connectivity index (χ1) is 9.99. The van der Waals surface area contributed by atoms with Crippen molar-refractivity contribution in [3.05, 3.63) is 52.3 Å². The molecular formula is C15H12ClN3O2. The summed E-state index contributed by atoms with van der Waals surface area (Å²) < 4.78 is 1.66. The van der Waals surface area contributed by atoms with E-state index in [0.29, 0.717) is 21.7 Å². The Bertz CT molecular complexity index is 871. The van der Waals surface area contributed by atoms with E-state index in [2.05, 4.69) is 10.1 Å². The van der Waals surface area contributed by atoms with Gasteiger partial charge in [-0.05, 0) is 38.1 Å². The first-order valence-corrected chi connectivity index (χ1v) is 6.72. The molecule has 6 heteroatoms. The third kappa shape index (κ3) is 2.15. The number of hydrogen-bond donors (Lipinski definition) is 1. The Morgan fingerprint density at radius 2 is 2.00 bits per heavy atom. The second kappa shape index (κ2) is 4.86. The lowest BCUT2D eigenvalue weighted by Crippen LogP contribution is -2.03. The topological polar surface area (TPSA) is 68.0 Å². The number of aromatic nitrogens is 3. The molecule has 3 aromatic rings. The highest BCUT2D eigenvalue weighted by Crippen LogP contribution is 2.24. The third-order valence-electron chi connectivity index (χ3n) is 3.37. The molecule has 21 heavy (non-hydrogen) atoms. The number of hydrogen-bond acceptors (Lipinski definition) is 3. The first kappa shape index (κ1) is 13.6.